The van der Waals surface area contributed by atoms with Crippen LogP contribution >= 0.6 is 0 Å². The number of halogens is 3. The number of carboxylic acid groups (broad SMARTS) is 1. The van der Waals surface area contributed by atoms with Crippen LogP contribution in [-0.2, 0) is 14.4 Å². The molecule has 0 heterocycles. The Bertz CT molecular complexity index is 593. The fourth-order valence-corrected chi connectivity index (χ4v) is 3.41. The highest BCUT2D eigenvalue weighted by atomic mass is 19.4. The second-order valence-electron chi connectivity index (χ2n) is 7.27. The highest BCUT2D eigenvalue weighted by Crippen LogP contribution is 2.34. The van der Waals surface area contributed by atoms with Crippen LogP contribution in [0.4, 0.5) is 13.2 Å². The van der Waals surface area contributed by atoms with E-state index in [0.717, 1.165) is 6.08 Å². The third kappa shape index (κ3) is 8.40. The van der Waals surface area contributed by atoms with Crippen LogP contribution in [0.2, 0.25) is 0 Å². The molecule has 0 amide bonds. The van der Waals surface area contributed by atoms with Crippen molar-refractivity contribution in [3.63, 3.8) is 0 Å². The van der Waals surface area contributed by atoms with Crippen molar-refractivity contribution in [1.82, 2.24) is 0 Å². The van der Waals surface area contributed by atoms with Gasteiger partial charge in [-0.1, -0.05) is 38.0 Å². The third-order valence-corrected chi connectivity index (χ3v) is 5.07. The number of rotatable bonds is 12. The van der Waals surface area contributed by atoms with E-state index < -0.39 is 23.8 Å². The van der Waals surface area contributed by atoms with Crippen LogP contribution in [0, 0.1) is 17.8 Å². The molecule has 0 bridgehead atoms. The van der Waals surface area contributed by atoms with Gasteiger partial charge in [-0.15, -0.1) is 0 Å². The first-order chi connectivity index (χ1) is 13.2. The molecule has 0 aromatic rings. The second-order valence-corrected chi connectivity index (χ2v) is 7.27. The van der Waals surface area contributed by atoms with Gasteiger partial charge in [0.15, 0.2) is 5.78 Å². The lowest BCUT2D eigenvalue weighted by Gasteiger charge is -2.18. The van der Waals surface area contributed by atoms with Gasteiger partial charge in [0.25, 0.3) is 0 Å². The molecule has 0 saturated heterocycles. The largest absolute Gasteiger partial charge is 0.481 e. The van der Waals surface area contributed by atoms with Gasteiger partial charge < -0.3 is 5.11 Å². The van der Waals surface area contributed by atoms with E-state index in [9.17, 15) is 27.6 Å². The van der Waals surface area contributed by atoms with E-state index in [4.69, 9.17) is 5.11 Å². The predicted octanol–water partition coefficient (Wildman–Crippen LogP) is 5.28. The molecule has 0 radical (unpaired) electrons. The normalized spacial score (nSPS) is 21.6. The Hall–Kier alpha value is -1.92. The smallest absolute Gasteiger partial charge is 0.398 e. The number of ketones is 2. The SMILES string of the molecule is CCCC[C@H](C(=O)/C=C/[C@H]1CCC(=O)[C@@H]1C/C=C\CCCC(=O)O)C(F)(F)F. The molecule has 0 spiro atoms. The van der Waals surface area contributed by atoms with Gasteiger partial charge in [-0.25, -0.2) is 0 Å². The number of carboxylic acids is 1. The van der Waals surface area contributed by atoms with Crippen LogP contribution in [0.5, 0.6) is 0 Å². The first-order valence-electron chi connectivity index (χ1n) is 9.85. The molecule has 0 aliphatic heterocycles. The summed E-state index contributed by atoms with van der Waals surface area (Å²) in [7, 11) is 0. The maximum atomic E-state index is 13.1. The standard InChI is InChI=1S/C21H29F3O4/c1-2-3-9-17(21(22,23)24)19(26)14-12-15-11-13-18(25)16(15)8-6-4-5-7-10-20(27)28/h4,6,12,14-17H,2-3,5,7-11,13H2,1H3,(H,27,28)/b6-4-,14-12+/t15-,16-,17-/m1/s1. The molecule has 7 heteroatoms. The van der Waals surface area contributed by atoms with Gasteiger partial charge in [0.1, 0.15) is 11.7 Å². The molecule has 0 aromatic carbocycles. The summed E-state index contributed by atoms with van der Waals surface area (Å²) < 4.78 is 39.3. The molecule has 1 fully saturated rings. The Morgan fingerprint density at radius 1 is 1.25 bits per heavy atom. The molecule has 1 saturated carbocycles. The summed E-state index contributed by atoms with van der Waals surface area (Å²) >= 11 is 0. The highest BCUT2D eigenvalue weighted by molar-refractivity contribution is 5.92. The topological polar surface area (TPSA) is 71.4 Å². The summed E-state index contributed by atoms with van der Waals surface area (Å²) in [6.45, 7) is 1.78. The summed E-state index contributed by atoms with van der Waals surface area (Å²) in [5.74, 6) is -4.29. The van der Waals surface area contributed by atoms with Crippen LogP contribution in [0.25, 0.3) is 0 Å². The van der Waals surface area contributed by atoms with Crippen molar-refractivity contribution in [2.75, 3.05) is 0 Å². The second kappa shape index (κ2) is 11.8. The van der Waals surface area contributed by atoms with Gasteiger partial charge in [0.2, 0.25) is 0 Å². The first kappa shape index (κ1) is 24.1. The van der Waals surface area contributed by atoms with Gasteiger partial charge in [0.05, 0.1) is 0 Å². The lowest BCUT2D eigenvalue weighted by atomic mass is 9.90. The molecule has 0 aromatic heterocycles. The molecule has 1 rings (SSSR count). The molecule has 1 aliphatic rings. The minimum absolute atomic E-state index is 0.0515. The van der Waals surface area contributed by atoms with Crippen molar-refractivity contribution in [1.29, 1.82) is 0 Å². The number of Topliss-reactive ketones (excluding diaryl/α,β-unsaturated/α-hetero) is 1. The minimum Gasteiger partial charge on any atom is -0.481 e. The number of hydrogen-bond acceptors (Lipinski definition) is 3. The fourth-order valence-electron chi connectivity index (χ4n) is 3.41. The summed E-state index contributed by atoms with van der Waals surface area (Å²) in [6, 6.07) is 0. The van der Waals surface area contributed by atoms with Gasteiger partial charge in [-0.3, -0.25) is 14.4 Å². The molecule has 1 aliphatic carbocycles. The third-order valence-electron chi connectivity index (χ3n) is 5.07. The summed E-state index contributed by atoms with van der Waals surface area (Å²) in [4.78, 5) is 34.6. The summed E-state index contributed by atoms with van der Waals surface area (Å²) in [6.07, 6.45) is 4.82. The van der Waals surface area contributed by atoms with Gasteiger partial charge >= 0.3 is 12.1 Å². The molecule has 3 atom stereocenters. The van der Waals surface area contributed by atoms with Crippen LogP contribution in [0.15, 0.2) is 24.3 Å². The molecule has 0 unspecified atom stereocenters. The zero-order valence-electron chi connectivity index (χ0n) is 16.2. The van der Waals surface area contributed by atoms with Crippen molar-refractivity contribution < 1.29 is 32.7 Å². The highest BCUT2D eigenvalue weighted by Gasteiger charge is 2.43. The quantitative estimate of drug-likeness (QED) is 0.274. The number of carbonyl (C=O) groups excluding carboxylic acids is 2. The molecule has 28 heavy (non-hydrogen) atoms. The predicted molar refractivity (Wildman–Crippen MR) is 99.7 cm³/mol. The van der Waals surface area contributed by atoms with E-state index in [-0.39, 0.29) is 30.5 Å². The zero-order chi connectivity index (χ0) is 21.2. The average molecular weight is 402 g/mol. The minimum atomic E-state index is -4.56. The molecule has 4 nitrogen and oxygen atoms in total. The molecular weight excluding hydrogens is 373 g/mol. The zero-order valence-corrected chi connectivity index (χ0v) is 16.2. The van der Waals surface area contributed by atoms with Gasteiger partial charge in [-0.05, 0) is 44.1 Å². The molecule has 158 valence electrons. The number of alkyl halides is 3. The van der Waals surface area contributed by atoms with Gasteiger partial charge in [0, 0.05) is 18.8 Å². The molecule has 1 N–H and O–H groups in total. The number of unbranched alkanes of at least 4 members (excludes halogenated alkanes) is 2. The van der Waals surface area contributed by atoms with E-state index >= 15 is 0 Å². The Balaban J connectivity index is 2.64. The van der Waals surface area contributed by atoms with E-state index in [1.807, 2.05) is 12.2 Å². The number of aliphatic carboxylic acids is 1. The van der Waals surface area contributed by atoms with Crippen molar-refractivity contribution in [3.05, 3.63) is 24.3 Å². The van der Waals surface area contributed by atoms with Crippen molar-refractivity contribution >= 4 is 17.5 Å². The lowest BCUT2D eigenvalue weighted by molar-refractivity contribution is -0.180. The number of hydrogen-bond donors (Lipinski definition) is 1. The maximum absolute atomic E-state index is 13.1. The maximum Gasteiger partial charge on any atom is 0.398 e. The van der Waals surface area contributed by atoms with Crippen LogP contribution < -0.4 is 0 Å². The van der Waals surface area contributed by atoms with Gasteiger partial charge in [-0.2, -0.15) is 13.2 Å². The van der Waals surface area contributed by atoms with Crippen molar-refractivity contribution in [2.24, 2.45) is 17.8 Å². The van der Waals surface area contributed by atoms with Crippen LogP contribution in [0.3, 0.4) is 0 Å². The number of carbonyl (C=O) groups is 3. The lowest BCUT2D eigenvalue weighted by Crippen LogP contribution is -2.29. The van der Waals surface area contributed by atoms with E-state index in [1.165, 1.54) is 6.08 Å². The van der Waals surface area contributed by atoms with Crippen molar-refractivity contribution in [3.8, 4) is 0 Å². The number of allylic oxidation sites excluding steroid dienone is 4. The Morgan fingerprint density at radius 2 is 1.96 bits per heavy atom. The monoisotopic (exact) mass is 402 g/mol. The Kier molecular flexibility index (Phi) is 10.2. The first-order valence-corrected chi connectivity index (χ1v) is 9.85. The van der Waals surface area contributed by atoms with E-state index in [1.54, 1.807) is 6.92 Å². The van der Waals surface area contributed by atoms with Crippen molar-refractivity contribution in [2.45, 2.75) is 70.9 Å². The average Bonchev–Trinajstić information content (AvgIpc) is 2.95. The van der Waals surface area contributed by atoms with E-state index in [0.29, 0.717) is 44.9 Å². The fraction of sp³-hybridized carbons (Fsp3) is 0.667. The summed E-state index contributed by atoms with van der Waals surface area (Å²) in [5.41, 5.74) is 0. The van der Waals surface area contributed by atoms with E-state index in [2.05, 4.69) is 0 Å². The Labute approximate surface area is 163 Å². The van der Waals surface area contributed by atoms with Crippen LogP contribution in [0.1, 0.15) is 64.7 Å². The summed E-state index contributed by atoms with van der Waals surface area (Å²) in [5, 5.41) is 8.58. The van der Waals surface area contributed by atoms with Crippen LogP contribution in [-0.4, -0.2) is 28.8 Å². The Morgan fingerprint density at radius 3 is 2.57 bits per heavy atom. The molecular formula is C21H29F3O4.